The van der Waals surface area contributed by atoms with Gasteiger partial charge in [-0.25, -0.2) is 0 Å². The maximum absolute atomic E-state index is 4.93. The van der Waals surface area contributed by atoms with E-state index in [2.05, 4.69) is 226 Å². The molecule has 0 atom stereocenters. The van der Waals surface area contributed by atoms with Gasteiger partial charge in [0.15, 0.2) is 0 Å². The summed E-state index contributed by atoms with van der Waals surface area (Å²) in [5.41, 5.74) is 16.2. The Balaban J connectivity index is 0.000000195. The molecule has 0 bridgehead atoms. The minimum atomic E-state index is -0.826. The average molecular weight is 895 g/mol. The van der Waals surface area contributed by atoms with Gasteiger partial charge in [0.25, 0.3) is 0 Å². The van der Waals surface area contributed by atoms with Gasteiger partial charge in [-0.3, -0.25) is 0 Å². The zero-order valence-corrected chi connectivity index (χ0v) is 40.7. The molecule has 4 heteroatoms. The van der Waals surface area contributed by atoms with Gasteiger partial charge in [-0.1, -0.05) is 187 Å². The fourth-order valence-electron chi connectivity index (χ4n) is 7.70. The van der Waals surface area contributed by atoms with E-state index in [9.17, 15) is 0 Å². The summed E-state index contributed by atoms with van der Waals surface area (Å²) in [5, 5.41) is 5.33. The zero-order chi connectivity index (χ0) is 42.0. The molecule has 0 spiro atoms. The quantitative estimate of drug-likeness (QED) is 0.122. The van der Waals surface area contributed by atoms with E-state index in [0.29, 0.717) is 0 Å². The van der Waals surface area contributed by atoms with E-state index in [4.69, 9.17) is 17.0 Å². The van der Waals surface area contributed by atoms with Crippen LogP contribution in [0.4, 0.5) is 0 Å². The molecular formula is C54H56Cl2SiZr. The molecule has 0 fully saturated rings. The molecule has 8 aromatic rings. The topological polar surface area (TPSA) is 0 Å². The van der Waals surface area contributed by atoms with Crippen molar-refractivity contribution < 1.29 is 20.8 Å². The van der Waals surface area contributed by atoms with Crippen molar-refractivity contribution in [3.05, 3.63) is 180 Å². The molecule has 0 unspecified atom stereocenters. The predicted octanol–water partition coefficient (Wildman–Crippen LogP) is 17.2. The van der Waals surface area contributed by atoms with Gasteiger partial charge in [0.05, 0.1) is 0 Å². The van der Waals surface area contributed by atoms with Crippen LogP contribution in [0.15, 0.2) is 158 Å². The SMILES string of the molecule is C[Si]C.Cc1ccccc1-c1c(C(C)(C)C)ccc2[cH-]c(-c3ccccc3)cc12.Cc1ccccc1-c1c(C(C)(C)C)ccc2[cH-]c(-c3ccccc3)cc12.[Cl][Zr+2][Cl]. The Hall–Kier alpha value is -3.78. The van der Waals surface area contributed by atoms with Crippen molar-refractivity contribution in [3.8, 4) is 44.5 Å². The molecule has 2 radical (unpaired) electrons. The Kier molecular flexibility index (Phi) is 16.0. The van der Waals surface area contributed by atoms with Crippen LogP contribution in [-0.2, 0) is 31.7 Å². The molecule has 0 aliphatic rings. The van der Waals surface area contributed by atoms with Crippen LogP contribution in [0.2, 0.25) is 13.1 Å². The summed E-state index contributed by atoms with van der Waals surface area (Å²) >= 11 is -0.826. The van der Waals surface area contributed by atoms with E-state index < -0.39 is 20.8 Å². The van der Waals surface area contributed by atoms with E-state index in [0.717, 1.165) is 9.52 Å². The van der Waals surface area contributed by atoms with Crippen molar-refractivity contribution in [1.29, 1.82) is 0 Å². The Labute approximate surface area is 369 Å². The molecule has 0 saturated carbocycles. The molecule has 0 heterocycles. The molecule has 294 valence electrons. The number of hydrogen-bond acceptors (Lipinski definition) is 0. The van der Waals surface area contributed by atoms with Gasteiger partial charge in [0, 0.05) is 9.52 Å². The number of hydrogen-bond donors (Lipinski definition) is 0. The molecule has 0 N–H and O–H groups in total. The number of halogens is 2. The molecule has 58 heavy (non-hydrogen) atoms. The summed E-state index contributed by atoms with van der Waals surface area (Å²) in [6.45, 7) is 22.5. The number of rotatable bonds is 4. The van der Waals surface area contributed by atoms with Gasteiger partial charge < -0.3 is 0 Å². The van der Waals surface area contributed by atoms with Gasteiger partial charge in [-0.2, -0.15) is 0 Å². The summed E-state index contributed by atoms with van der Waals surface area (Å²) in [5.74, 6) is 0. The number of benzene rings is 6. The third kappa shape index (κ3) is 10.9. The second-order valence-corrected chi connectivity index (χ2v) is 21.6. The monoisotopic (exact) mass is 892 g/mol. The van der Waals surface area contributed by atoms with E-state index in [1.54, 1.807) is 0 Å². The van der Waals surface area contributed by atoms with Crippen molar-refractivity contribution >= 4 is 48.1 Å². The van der Waals surface area contributed by atoms with Crippen LogP contribution < -0.4 is 0 Å². The van der Waals surface area contributed by atoms with Gasteiger partial charge in [0.2, 0.25) is 0 Å². The van der Waals surface area contributed by atoms with E-state index in [1.807, 2.05) is 0 Å². The first-order valence-corrected chi connectivity index (χ1v) is 28.3. The zero-order valence-electron chi connectivity index (χ0n) is 35.8. The molecule has 8 rings (SSSR count). The second-order valence-electron chi connectivity index (χ2n) is 16.9. The Morgan fingerprint density at radius 2 is 0.776 bits per heavy atom. The number of fused-ring (bicyclic) bond motifs is 2. The fourth-order valence-corrected chi connectivity index (χ4v) is 7.70. The van der Waals surface area contributed by atoms with Gasteiger partial charge in [0.1, 0.15) is 0 Å². The number of aryl methyl sites for hydroxylation is 2. The predicted molar refractivity (Wildman–Crippen MR) is 257 cm³/mol. The Morgan fingerprint density at radius 1 is 0.466 bits per heavy atom. The molecule has 0 aliphatic carbocycles. The normalized spacial score (nSPS) is 11.1. The van der Waals surface area contributed by atoms with Crippen molar-refractivity contribution in [3.63, 3.8) is 0 Å². The van der Waals surface area contributed by atoms with Crippen molar-refractivity contribution in [1.82, 2.24) is 0 Å². The van der Waals surface area contributed by atoms with Crippen LogP contribution in [0.1, 0.15) is 63.8 Å². The van der Waals surface area contributed by atoms with E-state index >= 15 is 0 Å². The Morgan fingerprint density at radius 3 is 1.09 bits per heavy atom. The molecule has 0 aromatic heterocycles. The first-order chi connectivity index (χ1) is 27.7. The molecule has 0 aliphatic heterocycles. The van der Waals surface area contributed by atoms with Crippen LogP contribution in [0.25, 0.3) is 66.1 Å². The van der Waals surface area contributed by atoms with E-state index in [-0.39, 0.29) is 10.8 Å². The fraction of sp³-hybridized carbons (Fsp3) is 0.222. The van der Waals surface area contributed by atoms with Crippen LogP contribution in [0.5, 0.6) is 0 Å². The molecule has 0 nitrogen and oxygen atoms in total. The summed E-state index contributed by atoms with van der Waals surface area (Å²) in [7, 11) is 11.0. The van der Waals surface area contributed by atoms with Crippen molar-refractivity contribution in [2.24, 2.45) is 0 Å². The van der Waals surface area contributed by atoms with Crippen LogP contribution in [0.3, 0.4) is 0 Å². The Bertz CT molecular complexity index is 2350. The van der Waals surface area contributed by atoms with Gasteiger partial charge in [-0.05, 0) is 69.2 Å². The van der Waals surface area contributed by atoms with Gasteiger partial charge in [-0.15, -0.1) is 69.1 Å². The molecule has 0 saturated heterocycles. The second kappa shape index (κ2) is 20.5. The molecular weight excluding hydrogens is 839 g/mol. The van der Waals surface area contributed by atoms with Crippen LogP contribution in [0, 0.1) is 13.8 Å². The average Bonchev–Trinajstić information content (AvgIpc) is 3.84. The summed E-state index contributed by atoms with van der Waals surface area (Å²) in [6.07, 6.45) is 0. The van der Waals surface area contributed by atoms with E-state index in [1.165, 1.54) is 88.3 Å². The van der Waals surface area contributed by atoms with Crippen LogP contribution >= 0.6 is 17.0 Å². The molecule has 8 aromatic carbocycles. The first-order valence-electron chi connectivity index (χ1n) is 20.0. The first kappa shape index (κ1) is 45.3. The van der Waals surface area contributed by atoms with Crippen molar-refractivity contribution in [2.45, 2.75) is 79.3 Å². The summed E-state index contributed by atoms with van der Waals surface area (Å²) < 4.78 is 0. The van der Waals surface area contributed by atoms with Crippen molar-refractivity contribution in [2.75, 3.05) is 0 Å². The van der Waals surface area contributed by atoms with Crippen LogP contribution in [-0.4, -0.2) is 9.52 Å². The minimum absolute atomic E-state index is 0.0932. The summed E-state index contributed by atoms with van der Waals surface area (Å²) in [6, 6.07) is 57.4. The molecule has 0 amide bonds. The third-order valence-corrected chi connectivity index (χ3v) is 10.4. The van der Waals surface area contributed by atoms with Gasteiger partial charge >= 0.3 is 37.9 Å². The maximum atomic E-state index is 4.93. The third-order valence-electron chi connectivity index (χ3n) is 10.4. The summed E-state index contributed by atoms with van der Waals surface area (Å²) in [4.78, 5) is 0. The standard InChI is InChI=1S/2C26H25.C2H6Si.2ClH.Zr/c2*1-18-10-8-9-13-22(18)25-23-17-21(19-11-6-5-7-12-19)16-20(23)14-15-24(25)26(2,3)4;1-3-2;;;/h2*5-17H,1-4H3;1-2H3;2*1H;/q2*-1;;;;+4/p-2.